The number of hydrogen-bond donors (Lipinski definition) is 1. The molecule has 0 spiro atoms. The van der Waals surface area contributed by atoms with Gasteiger partial charge in [-0.15, -0.1) is 0 Å². The van der Waals surface area contributed by atoms with Crippen LogP contribution in [0.1, 0.15) is 24.6 Å². The molecular weight excluding hydrogens is 252 g/mol. The molecule has 2 rings (SSSR count). The normalized spacial score (nSPS) is 13.1. The summed E-state index contributed by atoms with van der Waals surface area (Å²) in [5.74, 6) is -0.758. The SMILES string of the molecule is CCC(C(=O)O)N(C)Cc1c(C)c2ccccc2n1C. The average Bonchev–Trinajstić information content (AvgIpc) is 2.65. The molecule has 0 aliphatic carbocycles. The Morgan fingerprint density at radius 2 is 2.05 bits per heavy atom. The Kier molecular flexibility index (Phi) is 4.14. The molecule has 1 N–H and O–H groups in total. The Morgan fingerprint density at radius 3 is 2.60 bits per heavy atom. The molecule has 1 aromatic carbocycles. The van der Waals surface area contributed by atoms with E-state index in [0.29, 0.717) is 13.0 Å². The van der Waals surface area contributed by atoms with E-state index in [2.05, 4.69) is 23.6 Å². The van der Waals surface area contributed by atoms with Gasteiger partial charge < -0.3 is 9.67 Å². The van der Waals surface area contributed by atoms with Crippen LogP contribution >= 0.6 is 0 Å². The second-order valence-corrected chi connectivity index (χ2v) is 5.33. The van der Waals surface area contributed by atoms with Crippen LogP contribution in [0.5, 0.6) is 0 Å². The molecule has 1 heterocycles. The van der Waals surface area contributed by atoms with Crippen molar-refractivity contribution in [2.45, 2.75) is 32.9 Å². The predicted molar refractivity (Wildman–Crippen MR) is 80.8 cm³/mol. The molecule has 0 saturated carbocycles. The molecule has 1 aromatic heterocycles. The van der Waals surface area contributed by atoms with E-state index in [1.807, 2.05) is 38.1 Å². The van der Waals surface area contributed by atoms with Crippen LogP contribution in [-0.2, 0) is 18.4 Å². The first-order chi connectivity index (χ1) is 9.47. The van der Waals surface area contributed by atoms with Gasteiger partial charge in [0.05, 0.1) is 0 Å². The van der Waals surface area contributed by atoms with Crippen molar-refractivity contribution in [1.82, 2.24) is 9.47 Å². The average molecular weight is 274 g/mol. The minimum Gasteiger partial charge on any atom is -0.480 e. The largest absolute Gasteiger partial charge is 0.480 e. The summed E-state index contributed by atoms with van der Waals surface area (Å²) in [4.78, 5) is 13.2. The first kappa shape index (κ1) is 14.6. The van der Waals surface area contributed by atoms with Crippen LogP contribution in [0, 0.1) is 6.92 Å². The molecule has 0 fully saturated rings. The lowest BCUT2D eigenvalue weighted by Crippen LogP contribution is -2.37. The number of carboxylic acid groups (broad SMARTS) is 1. The van der Waals surface area contributed by atoms with Crippen LogP contribution in [0.15, 0.2) is 24.3 Å². The van der Waals surface area contributed by atoms with Gasteiger partial charge in [-0.2, -0.15) is 0 Å². The Labute approximate surface area is 119 Å². The summed E-state index contributed by atoms with van der Waals surface area (Å²) in [5.41, 5.74) is 3.60. The second-order valence-electron chi connectivity index (χ2n) is 5.33. The van der Waals surface area contributed by atoms with Crippen LogP contribution in [0.25, 0.3) is 10.9 Å². The number of carboxylic acids is 1. The number of benzene rings is 1. The van der Waals surface area contributed by atoms with Crippen molar-refractivity contribution in [3.63, 3.8) is 0 Å². The number of aryl methyl sites for hydroxylation is 2. The molecule has 0 aliphatic heterocycles. The van der Waals surface area contributed by atoms with E-state index >= 15 is 0 Å². The number of rotatable bonds is 5. The summed E-state index contributed by atoms with van der Waals surface area (Å²) in [6.45, 7) is 4.65. The topological polar surface area (TPSA) is 45.5 Å². The molecule has 2 aromatic rings. The van der Waals surface area contributed by atoms with Gasteiger partial charge in [-0.1, -0.05) is 25.1 Å². The van der Waals surface area contributed by atoms with Crippen LogP contribution in [0.4, 0.5) is 0 Å². The number of likely N-dealkylation sites (N-methyl/N-ethyl adjacent to an activating group) is 1. The first-order valence-corrected chi connectivity index (χ1v) is 6.93. The zero-order valence-electron chi connectivity index (χ0n) is 12.6. The monoisotopic (exact) mass is 274 g/mol. The van der Waals surface area contributed by atoms with E-state index in [4.69, 9.17) is 0 Å². The molecule has 0 bridgehead atoms. The Balaban J connectivity index is 2.37. The molecule has 1 unspecified atom stereocenters. The van der Waals surface area contributed by atoms with E-state index < -0.39 is 12.0 Å². The van der Waals surface area contributed by atoms with Gasteiger partial charge in [0.15, 0.2) is 0 Å². The standard InChI is InChI=1S/C16H22N2O2/c1-5-13(16(19)20)17(3)10-15-11(2)12-8-6-7-9-14(12)18(15)4/h6-9,13H,5,10H2,1-4H3,(H,19,20). The summed E-state index contributed by atoms with van der Waals surface area (Å²) in [5, 5.41) is 10.5. The highest BCUT2D eigenvalue weighted by molar-refractivity contribution is 5.85. The molecule has 0 amide bonds. The van der Waals surface area contributed by atoms with Gasteiger partial charge in [0, 0.05) is 30.2 Å². The van der Waals surface area contributed by atoms with Crippen molar-refractivity contribution >= 4 is 16.9 Å². The number of aliphatic carboxylic acids is 1. The minimum absolute atomic E-state index is 0.438. The van der Waals surface area contributed by atoms with Gasteiger partial charge in [-0.25, -0.2) is 0 Å². The van der Waals surface area contributed by atoms with E-state index in [1.165, 1.54) is 22.2 Å². The highest BCUT2D eigenvalue weighted by atomic mass is 16.4. The smallest absolute Gasteiger partial charge is 0.320 e. The molecule has 108 valence electrons. The number of para-hydroxylation sites is 1. The van der Waals surface area contributed by atoms with Crippen LogP contribution in [-0.4, -0.2) is 33.6 Å². The lowest BCUT2D eigenvalue weighted by atomic mass is 10.1. The fourth-order valence-corrected chi connectivity index (χ4v) is 2.88. The third kappa shape index (κ3) is 2.43. The summed E-state index contributed by atoms with van der Waals surface area (Å²) in [6, 6.07) is 7.84. The maximum Gasteiger partial charge on any atom is 0.320 e. The van der Waals surface area contributed by atoms with Crippen LogP contribution in [0.2, 0.25) is 0 Å². The summed E-state index contributed by atoms with van der Waals surface area (Å²) in [6.07, 6.45) is 0.606. The zero-order valence-corrected chi connectivity index (χ0v) is 12.6. The third-order valence-electron chi connectivity index (χ3n) is 4.11. The maximum atomic E-state index is 11.3. The Morgan fingerprint density at radius 1 is 1.40 bits per heavy atom. The molecule has 4 heteroatoms. The number of carbonyl (C=O) groups is 1. The van der Waals surface area contributed by atoms with Crippen molar-refractivity contribution in [1.29, 1.82) is 0 Å². The van der Waals surface area contributed by atoms with Gasteiger partial charge in [-0.3, -0.25) is 9.69 Å². The van der Waals surface area contributed by atoms with E-state index in [-0.39, 0.29) is 0 Å². The summed E-state index contributed by atoms with van der Waals surface area (Å²) < 4.78 is 2.16. The lowest BCUT2D eigenvalue weighted by Gasteiger charge is -2.24. The van der Waals surface area contributed by atoms with Crippen molar-refractivity contribution in [3.8, 4) is 0 Å². The van der Waals surface area contributed by atoms with E-state index in [0.717, 1.165) is 0 Å². The van der Waals surface area contributed by atoms with Gasteiger partial charge in [0.2, 0.25) is 0 Å². The number of aromatic nitrogens is 1. The van der Waals surface area contributed by atoms with Gasteiger partial charge in [0.25, 0.3) is 0 Å². The van der Waals surface area contributed by atoms with Crippen molar-refractivity contribution in [2.24, 2.45) is 7.05 Å². The lowest BCUT2D eigenvalue weighted by molar-refractivity contribution is -0.143. The Hall–Kier alpha value is -1.81. The molecule has 0 saturated heterocycles. The number of fused-ring (bicyclic) bond motifs is 1. The number of nitrogens with zero attached hydrogens (tertiary/aromatic N) is 2. The van der Waals surface area contributed by atoms with Gasteiger partial charge in [-0.05, 0) is 32.0 Å². The van der Waals surface area contributed by atoms with Gasteiger partial charge in [0.1, 0.15) is 6.04 Å². The summed E-state index contributed by atoms with van der Waals surface area (Å²) in [7, 11) is 3.92. The molecule has 4 nitrogen and oxygen atoms in total. The molecule has 0 radical (unpaired) electrons. The molecule has 1 atom stereocenters. The maximum absolute atomic E-state index is 11.3. The predicted octanol–water partition coefficient (Wildman–Crippen LogP) is 2.78. The van der Waals surface area contributed by atoms with Gasteiger partial charge >= 0.3 is 5.97 Å². The minimum atomic E-state index is -0.758. The van der Waals surface area contributed by atoms with Crippen molar-refractivity contribution < 1.29 is 9.90 Å². The van der Waals surface area contributed by atoms with Crippen molar-refractivity contribution in [3.05, 3.63) is 35.5 Å². The Bertz CT molecular complexity index is 592. The fourth-order valence-electron chi connectivity index (χ4n) is 2.88. The second kappa shape index (κ2) is 5.67. The zero-order chi connectivity index (χ0) is 14.9. The number of hydrogen-bond acceptors (Lipinski definition) is 2. The molecule has 0 aliphatic rings. The first-order valence-electron chi connectivity index (χ1n) is 6.93. The molecular formula is C16H22N2O2. The van der Waals surface area contributed by atoms with E-state index in [9.17, 15) is 9.90 Å². The summed E-state index contributed by atoms with van der Waals surface area (Å²) >= 11 is 0. The highest BCUT2D eigenvalue weighted by Crippen LogP contribution is 2.25. The third-order valence-corrected chi connectivity index (χ3v) is 4.11. The quantitative estimate of drug-likeness (QED) is 0.912. The fraction of sp³-hybridized carbons (Fsp3) is 0.438. The van der Waals surface area contributed by atoms with Crippen LogP contribution < -0.4 is 0 Å². The molecule has 20 heavy (non-hydrogen) atoms. The van der Waals surface area contributed by atoms with Crippen LogP contribution in [0.3, 0.4) is 0 Å². The van der Waals surface area contributed by atoms with E-state index in [1.54, 1.807) is 0 Å². The highest BCUT2D eigenvalue weighted by Gasteiger charge is 2.22. The van der Waals surface area contributed by atoms with Crippen molar-refractivity contribution in [2.75, 3.05) is 7.05 Å².